The molecule has 1 atom stereocenters. The fourth-order valence-corrected chi connectivity index (χ4v) is 3.24. The van der Waals surface area contributed by atoms with Gasteiger partial charge in [-0.2, -0.15) is 0 Å². The molecule has 1 aliphatic carbocycles. The van der Waals surface area contributed by atoms with Crippen molar-refractivity contribution in [2.24, 2.45) is 5.92 Å². The Bertz CT molecular complexity index is 682. The van der Waals surface area contributed by atoms with Gasteiger partial charge >= 0.3 is 5.97 Å². The molecule has 1 saturated carbocycles. The van der Waals surface area contributed by atoms with E-state index in [1.165, 1.54) is 12.8 Å². The van der Waals surface area contributed by atoms with Crippen LogP contribution in [-0.4, -0.2) is 22.8 Å². The van der Waals surface area contributed by atoms with Crippen molar-refractivity contribution in [2.45, 2.75) is 45.1 Å². The van der Waals surface area contributed by atoms with E-state index in [1.54, 1.807) is 13.1 Å². The van der Waals surface area contributed by atoms with Crippen LogP contribution in [0.1, 0.15) is 49.4 Å². The summed E-state index contributed by atoms with van der Waals surface area (Å²) in [6.07, 6.45) is 5.97. The highest BCUT2D eigenvalue weighted by atomic mass is 16.5. The lowest BCUT2D eigenvalue weighted by Crippen LogP contribution is -2.25. The summed E-state index contributed by atoms with van der Waals surface area (Å²) >= 11 is 0. The first-order valence-electron chi connectivity index (χ1n) is 7.95. The lowest BCUT2D eigenvalue weighted by molar-refractivity contribution is -0.147. The smallest absolute Gasteiger partial charge is 0.306 e. The van der Waals surface area contributed by atoms with Crippen molar-refractivity contribution in [3.63, 3.8) is 0 Å². The van der Waals surface area contributed by atoms with Gasteiger partial charge in [0.2, 0.25) is 5.78 Å². The standard InChI is InChI=1S/C18H21NO3/c1-12(22-17(20)10-13-6-2-3-7-13)18(21)15-11-19-16-9-5-4-8-14(15)16/h4-5,8-9,11-13,19H,2-3,6-7,10H2,1H3/t12-/m0/s1. The van der Waals surface area contributed by atoms with E-state index in [0.29, 0.717) is 17.9 Å². The molecule has 4 nitrogen and oxygen atoms in total. The number of fused-ring (bicyclic) bond motifs is 1. The number of H-pyrrole nitrogens is 1. The number of benzene rings is 1. The van der Waals surface area contributed by atoms with Gasteiger partial charge in [-0.3, -0.25) is 9.59 Å². The molecule has 1 heterocycles. The van der Waals surface area contributed by atoms with E-state index in [4.69, 9.17) is 4.74 Å². The van der Waals surface area contributed by atoms with Gasteiger partial charge in [0.25, 0.3) is 0 Å². The van der Waals surface area contributed by atoms with Gasteiger partial charge < -0.3 is 9.72 Å². The second-order valence-corrected chi connectivity index (χ2v) is 6.10. The minimum atomic E-state index is -0.742. The number of esters is 1. The Balaban J connectivity index is 1.65. The van der Waals surface area contributed by atoms with Crippen LogP contribution in [0.25, 0.3) is 10.9 Å². The van der Waals surface area contributed by atoms with Gasteiger partial charge in [-0.1, -0.05) is 31.0 Å². The topological polar surface area (TPSA) is 59.2 Å². The molecule has 0 spiro atoms. The molecule has 0 amide bonds. The number of aromatic nitrogens is 1. The highest BCUT2D eigenvalue weighted by molar-refractivity contribution is 6.10. The predicted octanol–water partition coefficient (Wildman–Crippen LogP) is 3.86. The molecule has 22 heavy (non-hydrogen) atoms. The summed E-state index contributed by atoms with van der Waals surface area (Å²) in [5.74, 6) is 0.0210. The molecule has 116 valence electrons. The molecule has 1 aliphatic rings. The van der Waals surface area contributed by atoms with Crippen LogP contribution < -0.4 is 0 Å². The van der Waals surface area contributed by atoms with Crippen molar-refractivity contribution >= 4 is 22.7 Å². The first-order chi connectivity index (χ1) is 10.6. The van der Waals surface area contributed by atoms with Crippen LogP contribution in [0.5, 0.6) is 0 Å². The fourth-order valence-electron chi connectivity index (χ4n) is 3.24. The third-order valence-electron chi connectivity index (χ3n) is 4.46. The second kappa shape index (κ2) is 6.34. The Morgan fingerprint density at radius 2 is 2.00 bits per heavy atom. The Labute approximate surface area is 129 Å². The lowest BCUT2D eigenvalue weighted by atomic mass is 10.0. The molecule has 1 N–H and O–H groups in total. The van der Waals surface area contributed by atoms with E-state index < -0.39 is 6.10 Å². The summed E-state index contributed by atoms with van der Waals surface area (Å²) in [5.41, 5.74) is 1.49. The molecular formula is C18H21NO3. The molecule has 3 rings (SSSR count). The van der Waals surface area contributed by atoms with E-state index in [1.807, 2.05) is 24.3 Å². The molecule has 2 aromatic rings. The van der Waals surface area contributed by atoms with Gasteiger partial charge in [-0.15, -0.1) is 0 Å². The molecule has 1 fully saturated rings. The van der Waals surface area contributed by atoms with Crippen molar-refractivity contribution in [3.05, 3.63) is 36.0 Å². The number of hydrogen-bond donors (Lipinski definition) is 1. The third-order valence-corrected chi connectivity index (χ3v) is 4.46. The normalized spacial score (nSPS) is 16.8. The molecular weight excluding hydrogens is 278 g/mol. The molecule has 0 radical (unpaired) electrons. The van der Waals surface area contributed by atoms with Crippen molar-refractivity contribution in [3.8, 4) is 0 Å². The number of nitrogens with one attached hydrogen (secondary N) is 1. The molecule has 4 heteroatoms. The number of ketones is 1. The molecule has 0 bridgehead atoms. The highest BCUT2D eigenvalue weighted by Crippen LogP contribution is 2.28. The van der Waals surface area contributed by atoms with Gasteiger partial charge in [0.05, 0.1) is 0 Å². The van der Waals surface area contributed by atoms with E-state index in [-0.39, 0.29) is 11.8 Å². The Hall–Kier alpha value is -2.10. The van der Waals surface area contributed by atoms with Crippen molar-refractivity contribution in [1.82, 2.24) is 4.98 Å². The number of ether oxygens (including phenoxy) is 1. The van der Waals surface area contributed by atoms with Gasteiger partial charge in [0.1, 0.15) is 0 Å². The van der Waals surface area contributed by atoms with Crippen molar-refractivity contribution < 1.29 is 14.3 Å². The predicted molar refractivity (Wildman–Crippen MR) is 84.8 cm³/mol. The zero-order chi connectivity index (χ0) is 15.5. The first kappa shape index (κ1) is 14.8. The maximum Gasteiger partial charge on any atom is 0.306 e. The number of rotatable bonds is 5. The quantitative estimate of drug-likeness (QED) is 0.673. The number of para-hydroxylation sites is 1. The number of Topliss-reactive ketones (excluding diaryl/α,β-unsaturated/α-hetero) is 1. The maximum atomic E-state index is 12.5. The van der Waals surface area contributed by atoms with Gasteiger partial charge in [-0.25, -0.2) is 0 Å². The van der Waals surface area contributed by atoms with Gasteiger partial charge in [0.15, 0.2) is 6.10 Å². The largest absolute Gasteiger partial charge is 0.454 e. The van der Waals surface area contributed by atoms with Crippen molar-refractivity contribution in [2.75, 3.05) is 0 Å². The van der Waals surface area contributed by atoms with E-state index >= 15 is 0 Å². The average molecular weight is 299 g/mol. The second-order valence-electron chi connectivity index (χ2n) is 6.10. The average Bonchev–Trinajstić information content (AvgIpc) is 3.15. The van der Waals surface area contributed by atoms with Gasteiger partial charge in [-0.05, 0) is 31.7 Å². The summed E-state index contributed by atoms with van der Waals surface area (Å²) in [7, 11) is 0. The van der Waals surface area contributed by atoms with Crippen LogP contribution in [0, 0.1) is 5.92 Å². The number of carbonyl (C=O) groups excluding carboxylic acids is 2. The molecule has 1 aromatic carbocycles. The summed E-state index contributed by atoms with van der Waals surface area (Å²) in [5, 5.41) is 0.867. The zero-order valence-electron chi connectivity index (χ0n) is 12.8. The molecule has 0 saturated heterocycles. The highest BCUT2D eigenvalue weighted by Gasteiger charge is 2.24. The van der Waals surface area contributed by atoms with Crippen LogP contribution >= 0.6 is 0 Å². The summed E-state index contributed by atoms with van der Waals surface area (Å²) in [4.78, 5) is 27.5. The zero-order valence-corrected chi connectivity index (χ0v) is 12.8. The number of carbonyl (C=O) groups is 2. The molecule has 0 unspecified atom stereocenters. The number of aromatic amines is 1. The fraction of sp³-hybridized carbons (Fsp3) is 0.444. The Kier molecular flexibility index (Phi) is 4.27. The van der Waals surface area contributed by atoms with Gasteiger partial charge in [0, 0.05) is 29.1 Å². The first-order valence-corrected chi connectivity index (χ1v) is 7.95. The van der Waals surface area contributed by atoms with Crippen molar-refractivity contribution in [1.29, 1.82) is 0 Å². The van der Waals surface area contributed by atoms with Crippen LogP contribution in [0.15, 0.2) is 30.5 Å². The van der Waals surface area contributed by atoms with Crippen LogP contribution in [0.3, 0.4) is 0 Å². The lowest BCUT2D eigenvalue weighted by Gasteiger charge is -2.14. The van der Waals surface area contributed by atoms with Crippen LogP contribution in [0.4, 0.5) is 0 Å². The summed E-state index contributed by atoms with van der Waals surface area (Å²) in [6.45, 7) is 1.65. The summed E-state index contributed by atoms with van der Waals surface area (Å²) in [6, 6.07) is 7.62. The SMILES string of the molecule is C[C@H](OC(=O)CC1CCCC1)C(=O)c1c[nH]c2ccccc12. The molecule has 1 aromatic heterocycles. The minimum absolute atomic E-state index is 0.155. The van der Waals surface area contributed by atoms with Crippen LogP contribution in [-0.2, 0) is 9.53 Å². The van der Waals surface area contributed by atoms with Crippen LogP contribution in [0.2, 0.25) is 0 Å². The minimum Gasteiger partial charge on any atom is -0.454 e. The Morgan fingerprint density at radius 1 is 1.27 bits per heavy atom. The van der Waals surface area contributed by atoms with E-state index in [9.17, 15) is 9.59 Å². The number of hydrogen-bond acceptors (Lipinski definition) is 3. The monoisotopic (exact) mass is 299 g/mol. The summed E-state index contributed by atoms with van der Waals surface area (Å²) < 4.78 is 5.34. The molecule has 0 aliphatic heterocycles. The van der Waals surface area contributed by atoms with E-state index in [0.717, 1.165) is 23.7 Å². The van der Waals surface area contributed by atoms with E-state index in [2.05, 4.69) is 4.98 Å². The maximum absolute atomic E-state index is 12.5. The third kappa shape index (κ3) is 3.06. The Morgan fingerprint density at radius 3 is 2.77 bits per heavy atom.